The first-order chi connectivity index (χ1) is 15.6. The van der Waals surface area contributed by atoms with E-state index in [1.165, 1.54) is 11.3 Å². The number of nitrogens with zero attached hydrogens (tertiary/aromatic N) is 4. The molecule has 0 unspecified atom stereocenters. The van der Waals surface area contributed by atoms with Crippen molar-refractivity contribution < 1.29 is 9.53 Å². The van der Waals surface area contributed by atoms with Gasteiger partial charge >= 0.3 is 0 Å². The van der Waals surface area contributed by atoms with E-state index >= 15 is 0 Å². The van der Waals surface area contributed by atoms with Crippen LogP contribution in [0.2, 0.25) is 0 Å². The van der Waals surface area contributed by atoms with Crippen LogP contribution >= 0.6 is 23.7 Å². The first-order valence-electron chi connectivity index (χ1n) is 11.4. The van der Waals surface area contributed by atoms with Crippen molar-refractivity contribution in [3.8, 4) is 5.75 Å². The van der Waals surface area contributed by atoms with Crippen molar-refractivity contribution in [2.75, 3.05) is 56.2 Å². The van der Waals surface area contributed by atoms with E-state index in [4.69, 9.17) is 9.72 Å². The number of thiazole rings is 1. The molecular formula is C25H35ClN4O2S. The third-order valence-corrected chi connectivity index (χ3v) is 6.89. The van der Waals surface area contributed by atoms with E-state index in [9.17, 15) is 4.79 Å². The molecule has 1 amide bonds. The van der Waals surface area contributed by atoms with Crippen LogP contribution in [0.4, 0.5) is 10.8 Å². The largest absolute Gasteiger partial charge is 0.494 e. The molecule has 1 heterocycles. The third kappa shape index (κ3) is 6.16. The average Bonchev–Trinajstić information content (AvgIpc) is 3.27. The monoisotopic (exact) mass is 490 g/mol. The highest BCUT2D eigenvalue weighted by molar-refractivity contribution is 7.22. The molecule has 0 saturated carbocycles. The minimum atomic E-state index is -0.0266. The number of halogens is 1. The summed E-state index contributed by atoms with van der Waals surface area (Å²) in [6.45, 7) is 13.7. The molecule has 180 valence electrons. The van der Waals surface area contributed by atoms with Gasteiger partial charge in [-0.2, -0.15) is 0 Å². The Morgan fingerprint density at radius 1 is 0.939 bits per heavy atom. The summed E-state index contributed by atoms with van der Waals surface area (Å²) in [5.41, 5.74) is 2.60. The number of rotatable bonds is 11. The van der Waals surface area contributed by atoms with Gasteiger partial charge in [-0.05, 0) is 63.3 Å². The lowest BCUT2D eigenvalue weighted by Gasteiger charge is -2.25. The number of amides is 1. The number of fused-ring (bicyclic) bond motifs is 1. The molecule has 2 aromatic carbocycles. The molecule has 3 aromatic rings. The Morgan fingerprint density at radius 3 is 2.18 bits per heavy atom. The van der Waals surface area contributed by atoms with Crippen molar-refractivity contribution in [2.24, 2.45) is 0 Å². The minimum absolute atomic E-state index is 0. The van der Waals surface area contributed by atoms with Gasteiger partial charge in [-0.25, -0.2) is 4.98 Å². The van der Waals surface area contributed by atoms with Gasteiger partial charge < -0.3 is 14.5 Å². The van der Waals surface area contributed by atoms with Crippen LogP contribution in [-0.4, -0.2) is 62.2 Å². The molecule has 0 atom stereocenters. The number of carbonyl (C=O) groups excluding carboxylic acids is 1. The Morgan fingerprint density at radius 2 is 1.61 bits per heavy atom. The molecule has 0 aliphatic carbocycles. The summed E-state index contributed by atoms with van der Waals surface area (Å²) in [7, 11) is 1.65. The molecule has 0 aliphatic heterocycles. The van der Waals surface area contributed by atoms with Gasteiger partial charge in [-0.1, -0.05) is 31.3 Å². The van der Waals surface area contributed by atoms with Crippen molar-refractivity contribution >= 4 is 50.7 Å². The third-order valence-electron chi connectivity index (χ3n) is 5.84. The van der Waals surface area contributed by atoms with E-state index in [0.29, 0.717) is 17.2 Å². The summed E-state index contributed by atoms with van der Waals surface area (Å²) in [5, 5.41) is 0.703. The van der Waals surface area contributed by atoms with Crippen molar-refractivity contribution in [2.45, 2.75) is 27.7 Å². The maximum Gasteiger partial charge on any atom is 0.260 e. The first kappa shape index (κ1) is 26.9. The standard InChI is InChI=1S/C25H34N4O2S.ClH/c1-6-27(7-2)17-18-29(25-26-23-21(31-5)11-10-12-22(23)32-25)24(30)19-13-15-20(16-14-19)28(8-3)9-4;/h10-16H,6-9,17-18H2,1-5H3;1H. The summed E-state index contributed by atoms with van der Waals surface area (Å²) < 4.78 is 6.49. The van der Waals surface area contributed by atoms with Gasteiger partial charge in [0.15, 0.2) is 5.13 Å². The SMILES string of the molecule is CCN(CC)CCN(C(=O)c1ccc(N(CC)CC)cc1)c1nc2c(OC)cccc2s1.Cl. The molecule has 8 heteroatoms. The zero-order valence-corrected chi connectivity index (χ0v) is 21.8. The van der Waals surface area contributed by atoms with Gasteiger partial charge in [0.05, 0.1) is 11.8 Å². The Bertz CT molecular complexity index is 1020. The molecule has 0 radical (unpaired) electrons. The lowest BCUT2D eigenvalue weighted by molar-refractivity contribution is 0.0984. The first-order valence-corrected chi connectivity index (χ1v) is 12.2. The summed E-state index contributed by atoms with van der Waals surface area (Å²) in [4.78, 5) is 24.8. The van der Waals surface area contributed by atoms with E-state index in [2.05, 4.69) is 37.5 Å². The number of likely N-dealkylation sites (N-methyl/N-ethyl adjacent to an activating group) is 1. The number of carbonyl (C=O) groups is 1. The van der Waals surface area contributed by atoms with Crippen LogP contribution in [-0.2, 0) is 0 Å². The number of para-hydroxylation sites is 1. The Balaban J connectivity index is 0.00000385. The minimum Gasteiger partial charge on any atom is -0.494 e. The van der Waals surface area contributed by atoms with E-state index in [1.54, 1.807) is 7.11 Å². The molecule has 0 bridgehead atoms. The maximum atomic E-state index is 13.6. The van der Waals surface area contributed by atoms with Crippen molar-refractivity contribution in [3.63, 3.8) is 0 Å². The van der Waals surface area contributed by atoms with Crippen LogP contribution in [0.3, 0.4) is 0 Å². The molecule has 0 N–H and O–H groups in total. The fourth-order valence-corrected chi connectivity index (χ4v) is 4.82. The maximum absolute atomic E-state index is 13.6. The van der Waals surface area contributed by atoms with Crippen LogP contribution < -0.4 is 14.5 Å². The number of benzene rings is 2. The Labute approximate surface area is 207 Å². The molecule has 6 nitrogen and oxygen atoms in total. The fourth-order valence-electron chi connectivity index (χ4n) is 3.82. The molecule has 3 rings (SSSR count). The summed E-state index contributed by atoms with van der Waals surface area (Å²) >= 11 is 1.53. The summed E-state index contributed by atoms with van der Waals surface area (Å²) in [6, 6.07) is 13.8. The fraction of sp³-hybridized carbons (Fsp3) is 0.440. The van der Waals surface area contributed by atoms with E-state index in [0.717, 1.165) is 54.4 Å². The number of methoxy groups -OCH3 is 1. The van der Waals surface area contributed by atoms with Crippen LogP contribution in [0.15, 0.2) is 42.5 Å². The number of ether oxygens (including phenoxy) is 1. The van der Waals surface area contributed by atoms with Crippen LogP contribution in [0.5, 0.6) is 5.75 Å². The molecule has 33 heavy (non-hydrogen) atoms. The molecule has 0 aliphatic rings. The Kier molecular flexibility index (Phi) is 10.4. The highest BCUT2D eigenvalue weighted by atomic mass is 35.5. The van der Waals surface area contributed by atoms with Gasteiger partial charge in [-0.15, -0.1) is 12.4 Å². The van der Waals surface area contributed by atoms with Gasteiger partial charge in [0, 0.05) is 37.4 Å². The molecule has 0 saturated heterocycles. The Hall–Kier alpha value is -2.35. The zero-order chi connectivity index (χ0) is 23.1. The topological polar surface area (TPSA) is 48.9 Å². The molecular weight excluding hydrogens is 456 g/mol. The second-order valence-electron chi connectivity index (χ2n) is 7.51. The second kappa shape index (κ2) is 12.8. The highest BCUT2D eigenvalue weighted by Crippen LogP contribution is 2.34. The lowest BCUT2D eigenvalue weighted by atomic mass is 10.1. The number of hydrogen-bond donors (Lipinski definition) is 0. The van der Waals surface area contributed by atoms with Crippen molar-refractivity contribution in [1.82, 2.24) is 9.88 Å². The van der Waals surface area contributed by atoms with E-state index in [-0.39, 0.29) is 18.3 Å². The zero-order valence-electron chi connectivity index (χ0n) is 20.2. The van der Waals surface area contributed by atoms with Gasteiger partial charge in [-0.3, -0.25) is 9.69 Å². The molecule has 0 fully saturated rings. The normalized spacial score (nSPS) is 10.8. The van der Waals surface area contributed by atoms with Crippen LogP contribution in [0.25, 0.3) is 10.2 Å². The quantitative estimate of drug-likeness (QED) is 0.352. The number of aromatic nitrogens is 1. The lowest BCUT2D eigenvalue weighted by Crippen LogP contribution is -2.38. The van der Waals surface area contributed by atoms with E-state index in [1.807, 2.05) is 47.4 Å². The van der Waals surface area contributed by atoms with Gasteiger partial charge in [0.1, 0.15) is 11.3 Å². The average molecular weight is 491 g/mol. The second-order valence-corrected chi connectivity index (χ2v) is 8.52. The summed E-state index contributed by atoms with van der Waals surface area (Å²) in [5.74, 6) is 0.700. The van der Waals surface area contributed by atoms with Gasteiger partial charge in [0.2, 0.25) is 0 Å². The molecule has 0 spiro atoms. The van der Waals surface area contributed by atoms with E-state index < -0.39 is 0 Å². The number of anilines is 2. The molecule has 1 aromatic heterocycles. The van der Waals surface area contributed by atoms with Gasteiger partial charge in [0.25, 0.3) is 5.91 Å². The smallest absolute Gasteiger partial charge is 0.260 e. The highest BCUT2D eigenvalue weighted by Gasteiger charge is 2.23. The van der Waals surface area contributed by atoms with Crippen LogP contribution in [0.1, 0.15) is 38.1 Å². The predicted molar refractivity (Wildman–Crippen MR) is 143 cm³/mol. The van der Waals surface area contributed by atoms with Crippen molar-refractivity contribution in [3.05, 3.63) is 48.0 Å². The van der Waals surface area contributed by atoms with Crippen molar-refractivity contribution in [1.29, 1.82) is 0 Å². The number of hydrogen-bond acceptors (Lipinski definition) is 6. The predicted octanol–water partition coefficient (Wildman–Crippen LogP) is 5.56. The summed E-state index contributed by atoms with van der Waals surface area (Å²) in [6.07, 6.45) is 0. The van der Waals surface area contributed by atoms with Crippen LogP contribution in [0, 0.1) is 0 Å².